The van der Waals surface area contributed by atoms with E-state index in [1.165, 1.54) is 5.56 Å². The molecule has 1 amide bonds. The molecule has 170 valence electrons. The molecule has 0 radical (unpaired) electrons. The van der Waals surface area contributed by atoms with Gasteiger partial charge < -0.3 is 20.4 Å². The molecular formula is C21H33Cl2N3O4. The molecule has 3 N–H and O–H groups in total. The maximum atomic E-state index is 12.6. The van der Waals surface area contributed by atoms with Crippen LogP contribution in [0.2, 0.25) is 0 Å². The van der Waals surface area contributed by atoms with Crippen molar-refractivity contribution >= 4 is 36.7 Å². The number of amides is 1. The van der Waals surface area contributed by atoms with Crippen LogP contribution in [0.3, 0.4) is 0 Å². The van der Waals surface area contributed by atoms with Crippen LogP contribution in [0.5, 0.6) is 0 Å². The van der Waals surface area contributed by atoms with E-state index in [4.69, 9.17) is 0 Å². The molecule has 2 fully saturated rings. The fourth-order valence-electron chi connectivity index (χ4n) is 4.32. The molecule has 2 atom stereocenters. The number of hydrogen-bond donors (Lipinski definition) is 3. The van der Waals surface area contributed by atoms with Crippen molar-refractivity contribution in [1.29, 1.82) is 0 Å². The van der Waals surface area contributed by atoms with Crippen molar-refractivity contribution in [2.45, 2.75) is 31.8 Å². The Balaban J connectivity index is 0.00000225. The van der Waals surface area contributed by atoms with Crippen LogP contribution >= 0.6 is 24.8 Å². The van der Waals surface area contributed by atoms with Crippen molar-refractivity contribution in [1.82, 2.24) is 15.1 Å². The zero-order chi connectivity index (χ0) is 20.0. The molecule has 2 heterocycles. The molecule has 3 rings (SSSR count). The molecule has 0 saturated carbocycles. The lowest BCUT2D eigenvalue weighted by Gasteiger charge is -2.43. The van der Waals surface area contributed by atoms with Gasteiger partial charge in [-0.15, -0.1) is 24.8 Å². The Labute approximate surface area is 190 Å². The Bertz CT molecular complexity index is 673. The number of piperazine rings is 1. The lowest BCUT2D eigenvalue weighted by molar-refractivity contribution is -0.165. The summed E-state index contributed by atoms with van der Waals surface area (Å²) in [4.78, 5) is 28.5. The summed E-state index contributed by atoms with van der Waals surface area (Å²) in [7, 11) is 0. The zero-order valence-corrected chi connectivity index (χ0v) is 18.8. The van der Waals surface area contributed by atoms with Crippen LogP contribution in [0.15, 0.2) is 30.3 Å². The van der Waals surface area contributed by atoms with E-state index in [1.54, 1.807) is 0 Å². The number of aliphatic hydroxyl groups excluding tert-OH is 1. The fourth-order valence-corrected chi connectivity index (χ4v) is 4.32. The molecule has 0 aromatic heterocycles. The number of likely N-dealkylation sites (tertiary alicyclic amines) is 1. The zero-order valence-electron chi connectivity index (χ0n) is 17.2. The van der Waals surface area contributed by atoms with Gasteiger partial charge in [-0.2, -0.15) is 0 Å². The highest BCUT2D eigenvalue weighted by Gasteiger charge is 2.48. The highest BCUT2D eigenvalue weighted by Crippen LogP contribution is 2.36. The van der Waals surface area contributed by atoms with Crippen molar-refractivity contribution in [2.24, 2.45) is 5.41 Å². The highest BCUT2D eigenvalue weighted by molar-refractivity contribution is 5.85. The van der Waals surface area contributed by atoms with Gasteiger partial charge in [-0.3, -0.25) is 14.5 Å². The first-order valence-corrected chi connectivity index (χ1v) is 10.2. The minimum Gasteiger partial charge on any atom is -0.481 e. The standard InChI is InChI=1S/C21H31N3O4.2ClH/c25-18-8-12-23(15-19(26)24-13-10-22-11-14-24)16-21(18,20(27)28)9-4-7-17-5-2-1-3-6-17;;/h1-3,5-6,18,22,25H,4,7-16H2,(H,27,28);2*1H/t18-,21-;;/m1../s1. The molecule has 9 heteroatoms. The summed E-state index contributed by atoms with van der Waals surface area (Å²) < 4.78 is 0. The van der Waals surface area contributed by atoms with Crippen LogP contribution in [0.4, 0.5) is 0 Å². The number of aliphatic carboxylic acids is 1. The van der Waals surface area contributed by atoms with Gasteiger partial charge in [0.25, 0.3) is 0 Å². The summed E-state index contributed by atoms with van der Waals surface area (Å²) >= 11 is 0. The predicted molar refractivity (Wildman–Crippen MR) is 120 cm³/mol. The Morgan fingerprint density at radius 1 is 1.10 bits per heavy atom. The van der Waals surface area contributed by atoms with Crippen LogP contribution in [0, 0.1) is 5.41 Å². The number of nitrogens with zero attached hydrogens (tertiary/aromatic N) is 2. The van der Waals surface area contributed by atoms with E-state index in [2.05, 4.69) is 5.32 Å². The van der Waals surface area contributed by atoms with E-state index in [1.807, 2.05) is 40.1 Å². The Morgan fingerprint density at radius 2 is 1.77 bits per heavy atom. The quantitative estimate of drug-likeness (QED) is 0.568. The van der Waals surface area contributed by atoms with E-state index >= 15 is 0 Å². The molecule has 2 aliphatic rings. The monoisotopic (exact) mass is 461 g/mol. The Hall–Kier alpha value is -1.38. The van der Waals surface area contributed by atoms with E-state index < -0.39 is 17.5 Å². The number of benzene rings is 1. The molecule has 0 aliphatic carbocycles. The van der Waals surface area contributed by atoms with Gasteiger partial charge in [0, 0.05) is 39.3 Å². The van der Waals surface area contributed by atoms with Crippen molar-refractivity contribution in [3.05, 3.63) is 35.9 Å². The Kier molecular flexibility index (Phi) is 11.1. The van der Waals surface area contributed by atoms with Crippen LogP contribution in [-0.2, 0) is 16.0 Å². The summed E-state index contributed by atoms with van der Waals surface area (Å²) in [6.07, 6.45) is 1.37. The smallest absolute Gasteiger partial charge is 0.313 e. The molecule has 0 unspecified atom stereocenters. The SMILES string of the molecule is Cl.Cl.O=C(CN1CC[C@@H](O)[C@](CCCc2ccccc2)(C(=O)O)C1)N1CCNCC1. The van der Waals surface area contributed by atoms with Crippen molar-refractivity contribution in [3.63, 3.8) is 0 Å². The minimum atomic E-state index is -1.21. The largest absolute Gasteiger partial charge is 0.481 e. The minimum absolute atomic E-state index is 0. The Morgan fingerprint density at radius 3 is 2.40 bits per heavy atom. The number of nitrogens with one attached hydrogen (secondary N) is 1. The molecule has 1 aromatic rings. The number of halogens is 2. The van der Waals surface area contributed by atoms with E-state index in [0.29, 0.717) is 38.9 Å². The van der Waals surface area contributed by atoms with Crippen LogP contribution in [0.1, 0.15) is 24.8 Å². The molecule has 2 aliphatic heterocycles. The van der Waals surface area contributed by atoms with Gasteiger partial charge in [0.2, 0.25) is 5.91 Å². The highest BCUT2D eigenvalue weighted by atomic mass is 35.5. The molecular weight excluding hydrogens is 429 g/mol. The van der Waals surface area contributed by atoms with E-state index in [9.17, 15) is 19.8 Å². The van der Waals surface area contributed by atoms with Crippen LogP contribution < -0.4 is 5.32 Å². The van der Waals surface area contributed by atoms with E-state index in [0.717, 1.165) is 19.5 Å². The molecule has 2 saturated heterocycles. The third-order valence-electron chi connectivity index (χ3n) is 6.05. The summed E-state index contributed by atoms with van der Waals surface area (Å²) in [6, 6.07) is 9.97. The van der Waals surface area contributed by atoms with Crippen LogP contribution in [0.25, 0.3) is 0 Å². The second-order valence-electron chi connectivity index (χ2n) is 7.95. The fraction of sp³-hybridized carbons (Fsp3) is 0.619. The molecule has 30 heavy (non-hydrogen) atoms. The number of carbonyl (C=O) groups is 2. The predicted octanol–water partition coefficient (Wildman–Crippen LogP) is 1.42. The number of hydrogen-bond acceptors (Lipinski definition) is 5. The number of aliphatic hydroxyl groups is 1. The lowest BCUT2D eigenvalue weighted by atomic mass is 9.73. The first kappa shape index (κ1) is 26.7. The van der Waals surface area contributed by atoms with Crippen molar-refractivity contribution < 1.29 is 19.8 Å². The van der Waals surface area contributed by atoms with E-state index in [-0.39, 0.29) is 43.8 Å². The average molecular weight is 462 g/mol. The lowest BCUT2D eigenvalue weighted by Crippen LogP contribution is -2.58. The molecule has 1 aromatic carbocycles. The summed E-state index contributed by atoms with van der Waals surface area (Å²) in [6.45, 7) is 3.96. The third-order valence-corrected chi connectivity index (χ3v) is 6.05. The number of rotatable bonds is 7. The first-order chi connectivity index (χ1) is 13.5. The van der Waals surface area contributed by atoms with Gasteiger partial charge in [-0.05, 0) is 31.2 Å². The van der Waals surface area contributed by atoms with Gasteiger partial charge >= 0.3 is 5.97 Å². The maximum Gasteiger partial charge on any atom is 0.313 e. The number of piperidine rings is 1. The van der Waals surface area contributed by atoms with Gasteiger partial charge in [-0.1, -0.05) is 30.3 Å². The van der Waals surface area contributed by atoms with Gasteiger partial charge in [0.15, 0.2) is 0 Å². The maximum absolute atomic E-state index is 12.6. The molecule has 7 nitrogen and oxygen atoms in total. The number of carboxylic acids is 1. The van der Waals surface area contributed by atoms with Gasteiger partial charge in [-0.25, -0.2) is 0 Å². The van der Waals surface area contributed by atoms with Crippen LogP contribution in [-0.4, -0.2) is 83.8 Å². The average Bonchev–Trinajstić information content (AvgIpc) is 2.71. The molecule has 0 bridgehead atoms. The number of aryl methyl sites for hydroxylation is 1. The van der Waals surface area contributed by atoms with Gasteiger partial charge in [0.05, 0.1) is 12.6 Å². The second-order valence-corrected chi connectivity index (χ2v) is 7.95. The van der Waals surface area contributed by atoms with Gasteiger partial charge in [0.1, 0.15) is 5.41 Å². The third kappa shape index (κ3) is 6.56. The summed E-state index contributed by atoms with van der Waals surface area (Å²) in [5.74, 6) is -0.922. The van der Waals surface area contributed by atoms with Crippen molar-refractivity contribution in [3.8, 4) is 0 Å². The second kappa shape index (κ2) is 12.5. The summed E-state index contributed by atoms with van der Waals surface area (Å²) in [5.41, 5.74) is -0.0457. The topological polar surface area (TPSA) is 93.1 Å². The normalized spacial score (nSPS) is 24.4. The number of carboxylic acid groups (broad SMARTS) is 1. The summed E-state index contributed by atoms with van der Waals surface area (Å²) in [5, 5.41) is 23.8. The first-order valence-electron chi connectivity index (χ1n) is 10.2. The number of carbonyl (C=O) groups excluding carboxylic acids is 1. The molecule has 0 spiro atoms. The van der Waals surface area contributed by atoms with Crippen molar-refractivity contribution in [2.75, 3.05) is 45.8 Å².